The second-order valence-electron chi connectivity index (χ2n) is 7.71. The van der Waals surface area contributed by atoms with Crippen molar-refractivity contribution in [3.8, 4) is 0 Å². The second kappa shape index (κ2) is 9.97. The van der Waals surface area contributed by atoms with Crippen molar-refractivity contribution in [1.29, 1.82) is 0 Å². The minimum absolute atomic E-state index is 0.0428. The SMILES string of the molecule is CC[C@H](c1ccc(C)cc1)[C@H](C(=O)c1ccccc1)[C@@H](C[N+](=O)[O-])c1ccccc1. The highest BCUT2D eigenvalue weighted by atomic mass is 16.6. The number of rotatable bonds is 9. The lowest BCUT2D eigenvalue weighted by Gasteiger charge is -2.31. The van der Waals surface area contributed by atoms with E-state index in [-0.39, 0.29) is 23.2 Å². The lowest BCUT2D eigenvalue weighted by molar-refractivity contribution is -0.484. The van der Waals surface area contributed by atoms with Gasteiger partial charge in [-0.25, -0.2) is 0 Å². The van der Waals surface area contributed by atoms with Gasteiger partial charge in [-0.3, -0.25) is 14.9 Å². The topological polar surface area (TPSA) is 60.2 Å². The monoisotopic (exact) mass is 401 g/mol. The van der Waals surface area contributed by atoms with E-state index in [1.807, 2.05) is 86.6 Å². The Hall–Kier alpha value is -3.27. The lowest BCUT2D eigenvalue weighted by atomic mass is 9.70. The van der Waals surface area contributed by atoms with Crippen LogP contribution in [0, 0.1) is 23.0 Å². The van der Waals surface area contributed by atoms with E-state index in [9.17, 15) is 14.9 Å². The van der Waals surface area contributed by atoms with E-state index < -0.39 is 11.8 Å². The number of Topliss-reactive ketones (excluding diaryl/α,β-unsaturated/α-hetero) is 1. The molecule has 3 atom stereocenters. The first-order valence-electron chi connectivity index (χ1n) is 10.3. The van der Waals surface area contributed by atoms with Gasteiger partial charge in [-0.2, -0.15) is 0 Å². The van der Waals surface area contributed by atoms with Crippen molar-refractivity contribution in [2.75, 3.05) is 6.54 Å². The first-order valence-corrected chi connectivity index (χ1v) is 10.3. The van der Waals surface area contributed by atoms with Gasteiger partial charge < -0.3 is 0 Å². The third kappa shape index (κ3) is 5.01. The zero-order chi connectivity index (χ0) is 21.5. The predicted octanol–water partition coefficient (Wildman–Crippen LogP) is 6.05. The third-order valence-electron chi connectivity index (χ3n) is 5.75. The predicted molar refractivity (Wildman–Crippen MR) is 120 cm³/mol. The minimum Gasteiger partial charge on any atom is -0.294 e. The van der Waals surface area contributed by atoms with Crippen LogP contribution in [0.2, 0.25) is 0 Å². The molecule has 154 valence electrons. The van der Waals surface area contributed by atoms with Crippen molar-refractivity contribution in [3.05, 3.63) is 117 Å². The largest absolute Gasteiger partial charge is 0.294 e. The minimum atomic E-state index is -0.534. The van der Waals surface area contributed by atoms with E-state index in [0.29, 0.717) is 12.0 Å². The molecule has 0 radical (unpaired) electrons. The highest BCUT2D eigenvalue weighted by Crippen LogP contribution is 2.40. The lowest BCUT2D eigenvalue weighted by Crippen LogP contribution is -2.32. The Kier molecular flexibility index (Phi) is 7.12. The highest BCUT2D eigenvalue weighted by Gasteiger charge is 2.39. The van der Waals surface area contributed by atoms with E-state index in [2.05, 4.69) is 0 Å². The molecule has 0 aliphatic carbocycles. The van der Waals surface area contributed by atoms with Crippen LogP contribution in [0.5, 0.6) is 0 Å². The van der Waals surface area contributed by atoms with Gasteiger partial charge in [-0.1, -0.05) is 97.4 Å². The number of nitro groups is 1. The molecule has 0 fully saturated rings. The number of carbonyl (C=O) groups excluding carboxylic acids is 1. The Labute approximate surface area is 177 Å². The summed E-state index contributed by atoms with van der Waals surface area (Å²) < 4.78 is 0. The van der Waals surface area contributed by atoms with Gasteiger partial charge in [0.1, 0.15) is 0 Å². The Morgan fingerprint density at radius 3 is 1.90 bits per heavy atom. The number of hydrogen-bond acceptors (Lipinski definition) is 3. The Morgan fingerprint density at radius 1 is 0.833 bits per heavy atom. The fraction of sp³-hybridized carbons (Fsp3) is 0.269. The Balaban J connectivity index is 2.14. The maximum atomic E-state index is 13.8. The van der Waals surface area contributed by atoms with Crippen molar-refractivity contribution >= 4 is 5.78 Å². The van der Waals surface area contributed by atoms with Gasteiger partial charge >= 0.3 is 0 Å². The van der Waals surface area contributed by atoms with E-state index in [0.717, 1.165) is 16.7 Å². The van der Waals surface area contributed by atoms with E-state index in [4.69, 9.17) is 0 Å². The maximum Gasteiger partial charge on any atom is 0.211 e. The summed E-state index contributed by atoms with van der Waals surface area (Å²) in [4.78, 5) is 25.1. The molecule has 0 saturated heterocycles. The van der Waals surface area contributed by atoms with Crippen LogP contribution in [0.25, 0.3) is 0 Å². The molecule has 0 unspecified atom stereocenters. The summed E-state index contributed by atoms with van der Waals surface area (Å²) in [7, 11) is 0. The molecular weight excluding hydrogens is 374 g/mol. The van der Waals surface area contributed by atoms with Crippen LogP contribution < -0.4 is 0 Å². The van der Waals surface area contributed by atoms with Gasteiger partial charge in [0.25, 0.3) is 0 Å². The summed E-state index contributed by atoms with van der Waals surface area (Å²) in [5, 5.41) is 11.6. The molecule has 30 heavy (non-hydrogen) atoms. The molecule has 0 amide bonds. The van der Waals surface area contributed by atoms with Crippen LogP contribution in [0.4, 0.5) is 0 Å². The summed E-state index contributed by atoms with van der Waals surface area (Å²) >= 11 is 0. The molecule has 0 N–H and O–H groups in total. The first-order chi connectivity index (χ1) is 14.5. The zero-order valence-electron chi connectivity index (χ0n) is 17.4. The number of ketones is 1. The molecule has 0 aliphatic rings. The summed E-state index contributed by atoms with van der Waals surface area (Å²) in [5.41, 5.74) is 3.61. The standard InChI is InChI=1S/C26H27NO3/c1-3-23(21-16-14-19(2)15-17-21)25(26(28)22-12-8-5-9-13-22)24(18-27(29)30)20-10-6-4-7-11-20/h4-17,23-25H,3,18H2,1-2H3/t23-,24+,25+/m1/s1. The summed E-state index contributed by atoms with van der Waals surface area (Å²) in [5.74, 6) is -1.21. The first kappa shape index (κ1) is 21.4. The van der Waals surface area contributed by atoms with Crippen LogP contribution in [0.1, 0.15) is 52.2 Å². The van der Waals surface area contributed by atoms with Gasteiger partial charge in [0.2, 0.25) is 6.54 Å². The molecule has 3 aromatic carbocycles. The number of aryl methyl sites for hydroxylation is 1. The molecule has 4 nitrogen and oxygen atoms in total. The van der Waals surface area contributed by atoms with Crippen molar-refractivity contribution in [2.45, 2.75) is 32.1 Å². The summed E-state index contributed by atoms with van der Waals surface area (Å²) in [6.07, 6.45) is 0.716. The van der Waals surface area contributed by atoms with Crippen LogP contribution in [0.15, 0.2) is 84.9 Å². The maximum absolute atomic E-state index is 13.8. The van der Waals surface area contributed by atoms with Gasteiger partial charge in [-0.15, -0.1) is 0 Å². The summed E-state index contributed by atoms with van der Waals surface area (Å²) in [6.45, 7) is 3.79. The van der Waals surface area contributed by atoms with Crippen LogP contribution >= 0.6 is 0 Å². The fourth-order valence-corrected chi connectivity index (χ4v) is 4.24. The zero-order valence-corrected chi connectivity index (χ0v) is 17.4. The van der Waals surface area contributed by atoms with Crippen LogP contribution in [-0.4, -0.2) is 17.3 Å². The van der Waals surface area contributed by atoms with Crippen molar-refractivity contribution < 1.29 is 9.72 Å². The molecule has 3 rings (SSSR count). The van der Waals surface area contributed by atoms with Crippen LogP contribution in [-0.2, 0) is 0 Å². The van der Waals surface area contributed by atoms with Gasteiger partial charge in [0.15, 0.2) is 5.78 Å². The molecular formula is C26H27NO3. The number of nitrogens with zero attached hydrogens (tertiary/aromatic N) is 1. The number of hydrogen-bond donors (Lipinski definition) is 0. The van der Waals surface area contributed by atoms with Crippen molar-refractivity contribution in [2.24, 2.45) is 5.92 Å². The van der Waals surface area contributed by atoms with Crippen molar-refractivity contribution in [1.82, 2.24) is 0 Å². The van der Waals surface area contributed by atoms with Crippen LogP contribution in [0.3, 0.4) is 0 Å². The second-order valence-corrected chi connectivity index (χ2v) is 7.71. The molecule has 0 bridgehead atoms. The molecule has 0 aliphatic heterocycles. The van der Waals surface area contributed by atoms with E-state index in [1.54, 1.807) is 12.1 Å². The van der Waals surface area contributed by atoms with Gasteiger partial charge in [0, 0.05) is 16.4 Å². The van der Waals surface area contributed by atoms with Crippen molar-refractivity contribution in [3.63, 3.8) is 0 Å². The normalized spacial score (nSPS) is 13.9. The smallest absolute Gasteiger partial charge is 0.211 e. The Bertz CT molecular complexity index is 968. The molecule has 0 spiro atoms. The average molecular weight is 402 g/mol. The number of carbonyl (C=O) groups is 1. The molecule has 0 aromatic heterocycles. The van der Waals surface area contributed by atoms with E-state index in [1.165, 1.54) is 0 Å². The van der Waals surface area contributed by atoms with Gasteiger partial charge in [-0.05, 0) is 30.4 Å². The molecule has 4 heteroatoms. The molecule has 0 heterocycles. The molecule has 0 saturated carbocycles. The third-order valence-corrected chi connectivity index (χ3v) is 5.75. The van der Waals surface area contributed by atoms with Gasteiger partial charge in [0.05, 0.1) is 5.92 Å². The summed E-state index contributed by atoms with van der Waals surface area (Å²) in [6, 6.07) is 26.7. The quantitative estimate of drug-likeness (QED) is 0.249. The fourth-order valence-electron chi connectivity index (χ4n) is 4.24. The Morgan fingerprint density at radius 2 is 1.37 bits per heavy atom. The van der Waals surface area contributed by atoms with E-state index >= 15 is 0 Å². The number of benzene rings is 3. The molecule has 3 aromatic rings. The highest BCUT2D eigenvalue weighted by molar-refractivity contribution is 5.99. The average Bonchev–Trinajstić information content (AvgIpc) is 2.77.